The van der Waals surface area contributed by atoms with Gasteiger partial charge in [-0.2, -0.15) is 9.97 Å². The van der Waals surface area contributed by atoms with E-state index >= 15 is 0 Å². The van der Waals surface area contributed by atoms with E-state index in [1.807, 2.05) is 18.5 Å². The van der Waals surface area contributed by atoms with Gasteiger partial charge in [0.25, 0.3) is 0 Å². The first kappa shape index (κ1) is 25.5. The summed E-state index contributed by atoms with van der Waals surface area (Å²) in [6.07, 6.45) is 5.58. The van der Waals surface area contributed by atoms with Gasteiger partial charge in [-0.05, 0) is 73.1 Å². The SMILES string of the molecule is COc1ccc(N2CCN(c3nc(Nc4cc(C(C)(C)C)ccc4C)c4c(ncn4C4CCC4)n3)CC2)cc1. The van der Waals surface area contributed by atoms with E-state index in [2.05, 4.69) is 77.7 Å². The fourth-order valence-corrected chi connectivity index (χ4v) is 5.41. The molecule has 2 aliphatic rings. The number of methoxy groups -OCH3 is 1. The lowest BCUT2D eigenvalue weighted by molar-refractivity contribution is 0.320. The number of fused-ring (bicyclic) bond motifs is 1. The van der Waals surface area contributed by atoms with E-state index in [9.17, 15) is 0 Å². The summed E-state index contributed by atoms with van der Waals surface area (Å²) >= 11 is 0. The van der Waals surface area contributed by atoms with Gasteiger partial charge in [-0.3, -0.25) is 0 Å². The van der Waals surface area contributed by atoms with Gasteiger partial charge in [-0.1, -0.05) is 32.9 Å². The highest BCUT2D eigenvalue weighted by Crippen LogP contribution is 2.37. The summed E-state index contributed by atoms with van der Waals surface area (Å²) in [6, 6.07) is 15.4. The standard InChI is InChI=1S/C31H39N7O/c1-21-9-10-22(31(2,3)4)19-26(21)33-29-27-28(32-20-38(27)24-7-6-8-24)34-30(35-29)37-17-15-36(16-18-37)23-11-13-25(39-5)14-12-23/h9-14,19-20,24H,6-8,15-18H2,1-5H3,(H,33,34,35). The average Bonchev–Trinajstić information content (AvgIpc) is 3.32. The second-order valence-electron chi connectivity index (χ2n) is 11.9. The number of hydrogen-bond donors (Lipinski definition) is 1. The predicted octanol–water partition coefficient (Wildman–Crippen LogP) is 6.24. The molecule has 39 heavy (non-hydrogen) atoms. The third-order valence-electron chi connectivity index (χ3n) is 8.24. The Bertz CT molecular complexity index is 1460. The number of rotatable bonds is 6. The molecule has 0 unspecified atom stereocenters. The summed E-state index contributed by atoms with van der Waals surface area (Å²) in [5.74, 6) is 2.46. The Balaban J connectivity index is 1.31. The van der Waals surface area contributed by atoms with Crippen LogP contribution in [0.15, 0.2) is 48.8 Å². The highest BCUT2D eigenvalue weighted by Gasteiger charge is 2.27. The lowest BCUT2D eigenvalue weighted by Crippen LogP contribution is -2.47. The van der Waals surface area contributed by atoms with Gasteiger partial charge in [0.15, 0.2) is 11.5 Å². The van der Waals surface area contributed by atoms with Crippen LogP contribution in [-0.2, 0) is 5.41 Å². The molecule has 8 nitrogen and oxygen atoms in total. The van der Waals surface area contributed by atoms with Crippen LogP contribution in [0.3, 0.4) is 0 Å². The van der Waals surface area contributed by atoms with Crippen LogP contribution < -0.4 is 19.9 Å². The van der Waals surface area contributed by atoms with Crippen LogP contribution in [-0.4, -0.2) is 52.8 Å². The molecule has 1 N–H and O–H groups in total. The van der Waals surface area contributed by atoms with Gasteiger partial charge in [0.05, 0.1) is 13.4 Å². The van der Waals surface area contributed by atoms with Gasteiger partial charge >= 0.3 is 0 Å². The number of hydrogen-bond acceptors (Lipinski definition) is 7. The minimum Gasteiger partial charge on any atom is -0.497 e. The lowest BCUT2D eigenvalue weighted by Gasteiger charge is -2.36. The maximum Gasteiger partial charge on any atom is 0.229 e. The lowest BCUT2D eigenvalue weighted by atomic mass is 9.86. The van der Waals surface area contributed by atoms with Gasteiger partial charge in [0.2, 0.25) is 5.95 Å². The molecule has 0 radical (unpaired) electrons. The van der Waals surface area contributed by atoms with Crippen LogP contribution in [0.1, 0.15) is 57.2 Å². The summed E-state index contributed by atoms with van der Waals surface area (Å²) in [7, 11) is 1.70. The van der Waals surface area contributed by atoms with E-state index in [1.54, 1.807) is 7.11 Å². The molecule has 1 saturated carbocycles. The Labute approximate surface area is 231 Å². The molecule has 2 aromatic heterocycles. The van der Waals surface area contributed by atoms with Gasteiger partial charge in [0, 0.05) is 43.6 Å². The van der Waals surface area contributed by atoms with Crippen LogP contribution in [0, 0.1) is 6.92 Å². The Morgan fingerprint density at radius 3 is 2.28 bits per heavy atom. The normalized spacial score (nSPS) is 16.4. The van der Waals surface area contributed by atoms with Crippen molar-refractivity contribution in [3.05, 3.63) is 59.9 Å². The van der Waals surface area contributed by atoms with Crippen molar-refractivity contribution in [3.8, 4) is 5.75 Å². The molecular formula is C31H39N7O. The monoisotopic (exact) mass is 525 g/mol. The molecule has 1 saturated heterocycles. The molecule has 4 aromatic rings. The Morgan fingerprint density at radius 1 is 0.923 bits per heavy atom. The Kier molecular flexibility index (Phi) is 6.57. The Hall–Kier alpha value is -3.81. The third kappa shape index (κ3) is 5.00. The van der Waals surface area contributed by atoms with E-state index in [0.717, 1.165) is 60.5 Å². The zero-order valence-corrected chi connectivity index (χ0v) is 23.7. The van der Waals surface area contributed by atoms with Crippen molar-refractivity contribution in [2.24, 2.45) is 0 Å². The molecule has 204 valence electrons. The second kappa shape index (κ2) is 10.1. The zero-order valence-electron chi connectivity index (χ0n) is 23.7. The van der Waals surface area contributed by atoms with E-state index in [0.29, 0.717) is 6.04 Å². The molecule has 8 heteroatoms. The van der Waals surface area contributed by atoms with E-state index in [1.165, 1.54) is 36.1 Å². The highest BCUT2D eigenvalue weighted by atomic mass is 16.5. The molecule has 2 fully saturated rings. The number of aryl methyl sites for hydroxylation is 1. The van der Waals surface area contributed by atoms with Crippen molar-refractivity contribution in [3.63, 3.8) is 0 Å². The largest absolute Gasteiger partial charge is 0.497 e. The van der Waals surface area contributed by atoms with Crippen LogP contribution in [0.2, 0.25) is 0 Å². The first-order valence-corrected chi connectivity index (χ1v) is 14.1. The number of piperazine rings is 1. The molecule has 0 bridgehead atoms. The molecule has 0 atom stereocenters. The minimum atomic E-state index is 0.0630. The van der Waals surface area contributed by atoms with Crippen LogP contribution in [0.4, 0.5) is 23.1 Å². The van der Waals surface area contributed by atoms with Crippen LogP contribution in [0.25, 0.3) is 11.2 Å². The molecular weight excluding hydrogens is 486 g/mol. The van der Waals surface area contributed by atoms with Crippen LogP contribution >= 0.6 is 0 Å². The third-order valence-corrected chi connectivity index (χ3v) is 8.24. The minimum absolute atomic E-state index is 0.0630. The van der Waals surface area contributed by atoms with Crippen molar-refractivity contribution >= 4 is 34.3 Å². The van der Waals surface area contributed by atoms with Crippen molar-refractivity contribution < 1.29 is 4.74 Å². The van der Waals surface area contributed by atoms with Crippen molar-refractivity contribution in [1.82, 2.24) is 19.5 Å². The quantitative estimate of drug-likeness (QED) is 0.320. The van der Waals surface area contributed by atoms with Gasteiger partial charge in [0.1, 0.15) is 11.3 Å². The zero-order chi connectivity index (χ0) is 27.1. The molecule has 0 spiro atoms. The number of nitrogens with zero attached hydrogens (tertiary/aromatic N) is 6. The van der Waals surface area contributed by atoms with Gasteiger partial charge in [-0.15, -0.1) is 0 Å². The maximum atomic E-state index is 5.32. The van der Waals surface area contributed by atoms with E-state index < -0.39 is 0 Å². The van der Waals surface area contributed by atoms with Crippen molar-refractivity contribution in [1.29, 1.82) is 0 Å². The fraction of sp³-hybridized carbons (Fsp3) is 0.452. The summed E-state index contributed by atoms with van der Waals surface area (Å²) < 4.78 is 7.61. The molecule has 2 aromatic carbocycles. The molecule has 3 heterocycles. The van der Waals surface area contributed by atoms with E-state index in [-0.39, 0.29) is 5.41 Å². The first-order chi connectivity index (χ1) is 18.8. The number of aromatic nitrogens is 4. The van der Waals surface area contributed by atoms with Crippen molar-refractivity contribution in [2.45, 2.75) is 58.4 Å². The summed E-state index contributed by atoms with van der Waals surface area (Å²) in [4.78, 5) is 19.6. The summed E-state index contributed by atoms with van der Waals surface area (Å²) in [5.41, 5.74) is 6.61. The van der Waals surface area contributed by atoms with Gasteiger partial charge in [-0.25, -0.2) is 4.98 Å². The molecule has 6 rings (SSSR count). The fourth-order valence-electron chi connectivity index (χ4n) is 5.41. The predicted molar refractivity (Wildman–Crippen MR) is 159 cm³/mol. The Morgan fingerprint density at radius 2 is 1.64 bits per heavy atom. The highest BCUT2D eigenvalue weighted by molar-refractivity contribution is 5.87. The number of benzene rings is 2. The number of nitrogens with one attached hydrogen (secondary N) is 1. The number of ether oxygens (including phenoxy) is 1. The second-order valence-corrected chi connectivity index (χ2v) is 11.9. The summed E-state index contributed by atoms with van der Waals surface area (Å²) in [6.45, 7) is 12.4. The molecule has 0 amide bonds. The van der Waals surface area contributed by atoms with E-state index in [4.69, 9.17) is 19.7 Å². The first-order valence-electron chi connectivity index (χ1n) is 14.1. The number of anilines is 4. The van der Waals surface area contributed by atoms with Gasteiger partial charge < -0.3 is 24.4 Å². The number of imidazole rings is 1. The topological polar surface area (TPSA) is 71.3 Å². The smallest absolute Gasteiger partial charge is 0.229 e. The summed E-state index contributed by atoms with van der Waals surface area (Å²) in [5, 5.41) is 3.72. The van der Waals surface area contributed by atoms with Crippen molar-refractivity contribution in [2.75, 3.05) is 48.4 Å². The maximum absolute atomic E-state index is 5.32. The molecule has 1 aliphatic carbocycles. The van der Waals surface area contributed by atoms with Crippen LogP contribution in [0.5, 0.6) is 5.75 Å². The average molecular weight is 526 g/mol. The molecule has 1 aliphatic heterocycles.